The Labute approximate surface area is 110 Å². The van der Waals surface area contributed by atoms with Gasteiger partial charge >= 0.3 is 0 Å². The molecule has 0 radical (unpaired) electrons. The van der Waals surface area contributed by atoms with E-state index in [1.165, 1.54) is 24.3 Å². The summed E-state index contributed by atoms with van der Waals surface area (Å²) >= 11 is 5.82. The van der Waals surface area contributed by atoms with Gasteiger partial charge in [-0.15, -0.1) is 0 Å². The first-order chi connectivity index (χ1) is 8.45. The minimum atomic E-state index is -3.68. The molecule has 94 valence electrons. The third kappa shape index (κ3) is 3.22. The quantitative estimate of drug-likeness (QED) is 0.941. The van der Waals surface area contributed by atoms with Crippen LogP contribution in [-0.4, -0.2) is 8.42 Å². The second-order valence-corrected chi connectivity index (χ2v) is 5.57. The number of halogens is 1. The molecular formula is C12H10ClNO3S. The number of sulfonamides is 1. The largest absolute Gasteiger partial charge is 0.457 e. The third-order valence-corrected chi connectivity index (χ3v) is 3.35. The molecule has 0 aliphatic carbocycles. The summed E-state index contributed by atoms with van der Waals surface area (Å²) in [6, 6.07) is 12.7. The van der Waals surface area contributed by atoms with Gasteiger partial charge < -0.3 is 4.74 Å². The molecule has 2 rings (SSSR count). The molecule has 2 aromatic rings. The van der Waals surface area contributed by atoms with Gasteiger partial charge in [-0.2, -0.15) is 0 Å². The van der Waals surface area contributed by atoms with Gasteiger partial charge in [0, 0.05) is 5.02 Å². The zero-order chi connectivity index (χ0) is 13.2. The first-order valence-electron chi connectivity index (χ1n) is 5.01. The van der Waals surface area contributed by atoms with E-state index in [0.29, 0.717) is 16.5 Å². The van der Waals surface area contributed by atoms with Crippen molar-refractivity contribution in [3.63, 3.8) is 0 Å². The Morgan fingerprint density at radius 1 is 1.00 bits per heavy atom. The standard InChI is InChI=1S/C12H10ClNO3S/c13-9-2-1-3-11(8-9)17-10-4-6-12(7-5-10)18(14,15)16/h1-8H,(H2,14,15,16). The molecule has 6 heteroatoms. The van der Waals surface area contributed by atoms with Crippen LogP contribution in [0.15, 0.2) is 53.4 Å². The molecule has 18 heavy (non-hydrogen) atoms. The maximum absolute atomic E-state index is 11.1. The molecule has 0 aliphatic heterocycles. The lowest BCUT2D eigenvalue weighted by atomic mass is 10.3. The molecule has 0 aromatic heterocycles. The molecular weight excluding hydrogens is 274 g/mol. The fraction of sp³-hybridized carbons (Fsp3) is 0. The summed E-state index contributed by atoms with van der Waals surface area (Å²) in [5.41, 5.74) is 0. The van der Waals surface area contributed by atoms with E-state index in [1.807, 2.05) is 0 Å². The molecule has 0 fully saturated rings. The van der Waals surface area contributed by atoms with Crippen LogP contribution in [0.2, 0.25) is 5.02 Å². The van der Waals surface area contributed by atoms with Gasteiger partial charge in [0.25, 0.3) is 0 Å². The zero-order valence-corrected chi connectivity index (χ0v) is 10.8. The van der Waals surface area contributed by atoms with Crippen molar-refractivity contribution in [1.82, 2.24) is 0 Å². The van der Waals surface area contributed by atoms with E-state index in [4.69, 9.17) is 21.5 Å². The first kappa shape index (κ1) is 12.9. The fourth-order valence-electron chi connectivity index (χ4n) is 1.36. The predicted molar refractivity (Wildman–Crippen MR) is 69.3 cm³/mol. The lowest BCUT2D eigenvalue weighted by molar-refractivity contribution is 0.482. The number of rotatable bonds is 3. The highest BCUT2D eigenvalue weighted by Gasteiger charge is 2.07. The van der Waals surface area contributed by atoms with E-state index in [0.717, 1.165) is 0 Å². The average molecular weight is 284 g/mol. The minimum Gasteiger partial charge on any atom is -0.457 e. The molecule has 0 bridgehead atoms. The van der Waals surface area contributed by atoms with Crippen LogP contribution in [0.1, 0.15) is 0 Å². The van der Waals surface area contributed by atoms with Crippen LogP contribution in [-0.2, 0) is 10.0 Å². The van der Waals surface area contributed by atoms with Crippen LogP contribution >= 0.6 is 11.6 Å². The Morgan fingerprint density at radius 3 is 2.22 bits per heavy atom. The lowest BCUT2D eigenvalue weighted by Crippen LogP contribution is -2.11. The highest BCUT2D eigenvalue weighted by atomic mass is 35.5. The van der Waals surface area contributed by atoms with Crippen LogP contribution in [0.25, 0.3) is 0 Å². The van der Waals surface area contributed by atoms with Gasteiger partial charge in [-0.1, -0.05) is 17.7 Å². The molecule has 0 amide bonds. The van der Waals surface area contributed by atoms with Gasteiger partial charge in [-0.05, 0) is 42.5 Å². The Hall–Kier alpha value is -1.56. The van der Waals surface area contributed by atoms with Crippen LogP contribution in [0.4, 0.5) is 0 Å². The smallest absolute Gasteiger partial charge is 0.238 e. The predicted octanol–water partition coefficient (Wildman–Crippen LogP) is 2.78. The summed E-state index contributed by atoms with van der Waals surface area (Å²) in [5, 5.41) is 5.56. The van der Waals surface area contributed by atoms with Crippen molar-refractivity contribution in [1.29, 1.82) is 0 Å². The Balaban J connectivity index is 2.21. The van der Waals surface area contributed by atoms with Crippen molar-refractivity contribution in [3.05, 3.63) is 53.6 Å². The molecule has 0 spiro atoms. The number of nitrogens with two attached hydrogens (primary N) is 1. The summed E-state index contributed by atoms with van der Waals surface area (Å²) in [5.74, 6) is 1.08. The van der Waals surface area contributed by atoms with Gasteiger partial charge in [-0.3, -0.25) is 0 Å². The highest BCUT2D eigenvalue weighted by Crippen LogP contribution is 2.24. The fourth-order valence-corrected chi connectivity index (χ4v) is 2.06. The zero-order valence-electron chi connectivity index (χ0n) is 9.21. The minimum absolute atomic E-state index is 0.0425. The summed E-state index contributed by atoms with van der Waals surface area (Å²) in [7, 11) is -3.68. The SMILES string of the molecule is NS(=O)(=O)c1ccc(Oc2cccc(Cl)c2)cc1. The van der Waals surface area contributed by atoms with E-state index < -0.39 is 10.0 Å². The molecule has 0 heterocycles. The highest BCUT2D eigenvalue weighted by molar-refractivity contribution is 7.89. The van der Waals surface area contributed by atoms with Gasteiger partial charge in [0.05, 0.1) is 4.90 Å². The van der Waals surface area contributed by atoms with Crippen molar-refractivity contribution in [2.75, 3.05) is 0 Å². The normalized spacial score (nSPS) is 11.2. The maximum Gasteiger partial charge on any atom is 0.238 e. The molecule has 0 atom stereocenters. The number of hydrogen-bond acceptors (Lipinski definition) is 3. The summed E-state index contributed by atoms with van der Waals surface area (Å²) in [6.45, 7) is 0. The van der Waals surface area contributed by atoms with Crippen LogP contribution in [0.3, 0.4) is 0 Å². The van der Waals surface area contributed by atoms with E-state index in [-0.39, 0.29) is 4.90 Å². The van der Waals surface area contributed by atoms with E-state index in [9.17, 15) is 8.42 Å². The molecule has 0 saturated carbocycles. The summed E-state index contributed by atoms with van der Waals surface area (Å²) in [6.07, 6.45) is 0. The van der Waals surface area contributed by atoms with Crippen LogP contribution in [0, 0.1) is 0 Å². The Bertz CT molecular complexity index is 653. The van der Waals surface area contributed by atoms with Crippen molar-refractivity contribution in [3.8, 4) is 11.5 Å². The van der Waals surface area contributed by atoms with E-state index >= 15 is 0 Å². The van der Waals surface area contributed by atoms with Crippen molar-refractivity contribution in [2.24, 2.45) is 5.14 Å². The molecule has 2 aromatic carbocycles. The average Bonchev–Trinajstić information content (AvgIpc) is 2.28. The lowest BCUT2D eigenvalue weighted by Gasteiger charge is -2.06. The van der Waals surface area contributed by atoms with Gasteiger partial charge in [0.1, 0.15) is 11.5 Å². The number of hydrogen-bond donors (Lipinski definition) is 1. The van der Waals surface area contributed by atoms with Gasteiger partial charge in [0.15, 0.2) is 0 Å². The molecule has 0 unspecified atom stereocenters. The molecule has 2 N–H and O–H groups in total. The van der Waals surface area contributed by atoms with Crippen molar-refractivity contribution in [2.45, 2.75) is 4.90 Å². The third-order valence-electron chi connectivity index (χ3n) is 2.18. The number of benzene rings is 2. The second kappa shape index (κ2) is 4.97. The van der Waals surface area contributed by atoms with Gasteiger partial charge in [0.2, 0.25) is 10.0 Å². The van der Waals surface area contributed by atoms with Gasteiger partial charge in [-0.25, -0.2) is 13.6 Å². The second-order valence-electron chi connectivity index (χ2n) is 3.58. The topological polar surface area (TPSA) is 69.4 Å². The van der Waals surface area contributed by atoms with E-state index in [1.54, 1.807) is 24.3 Å². The Morgan fingerprint density at radius 2 is 1.67 bits per heavy atom. The molecule has 0 saturated heterocycles. The molecule has 4 nitrogen and oxygen atoms in total. The monoisotopic (exact) mass is 283 g/mol. The Kier molecular flexibility index (Phi) is 3.56. The number of ether oxygens (including phenoxy) is 1. The number of primary sulfonamides is 1. The van der Waals surface area contributed by atoms with Crippen LogP contribution in [0.5, 0.6) is 11.5 Å². The summed E-state index contributed by atoms with van der Waals surface area (Å²) in [4.78, 5) is 0.0425. The molecule has 0 aliphatic rings. The van der Waals surface area contributed by atoms with Crippen molar-refractivity contribution < 1.29 is 13.2 Å². The maximum atomic E-state index is 11.1. The summed E-state index contributed by atoms with van der Waals surface area (Å²) < 4.78 is 27.6. The van der Waals surface area contributed by atoms with Crippen molar-refractivity contribution >= 4 is 21.6 Å². The van der Waals surface area contributed by atoms with Crippen LogP contribution < -0.4 is 9.88 Å². The van der Waals surface area contributed by atoms with E-state index in [2.05, 4.69) is 0 Å². The first-order valence-corrected chi connectivity index (χ1v) is 6.94.